The lowest BCUT2D eigenvalue weighted by Gasteiger charge is -2.45. The van der Waals surface area contributed by atoms with E-state index in [-0.39, 0.29) is 23.9 Å². The van der Waals surface area contributed by atoms with Crippen molar-refractivity contribution in [2.24, 2.45) is 0 Å². The molecular weight excluding hydrogens is 270 g/mol. The minimum Gasteiger partial charge on any atom is -0.361 e. The van der Waals surface area contributed by atoms with Crippen LogP contribution in [0.15, 0.2) is 10.6 Å². The highest BCUT2D eigenvalue weighted by molar-refractivity contribution is 5.92. The van der Waals surface area contributed by atoms with Crippen molar-refractivity contribution in [2.75, 3.05) is 13.1 Å². The van der Waals surface area contributed by atoms with Crippen LogP contribution in [0.4, 0.5) is 0 Å². The van der Waals surface area contributed by atoms with Crippen LogP contribution in [0.1, 0.15) is 49.9 Å². The highest BCUT2D eigenvalue weighted by Gasteiger charge is 2.36. The maximum absolute atomic E-state index is 12.6. The van der Waals surface area contributed by atoms with Crippen LogP contribution in [0.2, 0.25) is 0 Å². The topological polar surface area (TPSA) is 66.7 Å². The average Bonchev–Trinajstić information content (AvgIpc) is 2.91. The molecule has 0 unspecified atom stereocenters. The van der Waals surface area contributed by atoms with Gasteiger partial charge in [0, 0.05) is 38.2 Å². The lowest BCUT2D eigenvalue weighted by atomic mass is 10.0. The Kier molecular flexibility index (Phi) is 4.65. The van der Waals surface area contributed by atoms with E-state index in [2.05, 4.69) is 5.16 Å². The third-order valence-corrected chi connectivity index (χ3v) is 4.15. The van der Waals surface area contributed by atoms with E-state index in [1.54, 1.807) is 19.9 Å². The molecule has 0 radical (unpaired) electrons. The Balaban J connectivity index is 2.22. The minimum absolute atomic E-state index is 0.0289. The van der Waals surface area contributed by atoms with Crippen molar-refractivity contribution >= 4 is 11.8 Å². The molecule has 6 heteroatoms. The second kappa shape index (κ2) is 6.28. The molecule has 1 aromatic rings. The molecule has 1 aromatic heterocycles. The maximum atomic E-state index is 12.6. The first kappa shape index (κ1) is 15.5. The Bertz CT molecular complexity index is 526. The SMILES string of the molecule is CC[C@H]1CN(C(=O)c2cc(C)on2)[C@H](CC)CN1C(C)=O. The molecule has 2 rings (SSSR count). The van der Waals surface area contributed by atoms with Gasteiger partial charge in [-0.15, -0.1) is 0 Å². The van der Waals surface area contributed by atoms with E-state index < -0.39 is 0 Å². The fourth-order valence-electron chi connectivity index (χ4n) is 2.90. The summed E-state index contributed by atoms with van der Waals surface area (Å²) >= 11 is 0. The van der Waals surface area contributed by atoms with Gasteiger partial charge < -0.3 is 14.3 Å². The molecule has 0 saturated carbocycles. The summed E-state index contributed by atoms with van der Waals surface area (Å²) in [6.07, 6.45) is 1.64. The van der Waals surface area contributed by atoms with E-state index in [0.29, 0.717) is 24.5 Å². The smallest absolute Gasteiger partial charge is 0.276 e. The zero-order chi connectivity index (χ0) is 15.6. The Morgan fingerprint density at radius 2 is 1.81 bits per heavy atom. The van der Waals surface area contributed by atoms with Crippen LogP contribution >= 0.6 is 0 Å². The van der Waals surface area contributed by atoms with Crippen molar-refractivity contribution in [3.8, 4) is 0 Å². The van der Waals surface area contributed by atoms with Gasteiger partial charge in [0.15, 0.2) is 5.69 Å². The van der Waals surface area contributed by atoms with Crippen LogP contribution in [0.25, 0.3) is 0 Å². The Morgan fingerprint density at radius 3 is 2.29 bits per heavy atom. The maximum Gasteiger partial charge on any atom is 0.276 e. The molecule has 0 N–H and O–H groups in total. The number of amides is 2. The molecule has 2 amide bonds. The largest absolute Gasteiger partial charge is 0.361 e. The summed E-state index contributed by atoms with van der Waals surface area (Å²) in [5, 5.41) is 3.82. The molecule has 0 spiro atoms. The van der Waals surface area contributed by atoms with Gasteiger partial charge in [-0.1, -0.05) is 19.0 Å². The standard InChI is InChI=1S/C15H23N3O3/c1-5-12-9-18(13(6-2)8-17(12)11(4)19)15(20)14-7-10(3)21-16-14/h7,12-13H,5-6,8-9H2,1-4H3/t12-,13+/m0/s1. The summed E-state index contributed by atoms with van der Waals surface area (Å²) < 4.78 is 5.00. The van der Waals surface area contributed by atoms with Crippen molar-refractivity contribution in [3.05, 3.63) is 17.5 Å². The van der Waals surface area contributed by atoms with E-state index in [4.69, 9.17) is 4.52 Å². The highest BCUT2D eigenvalue weighted by Crippen LogP contribution is 2.22. The van der Waals surface area contributed by atoms with Crippen molar-refractivity contribution in [3.63, 3.8) is 0 Å². The van der Waals surface area contributed by atoms with Gasteiger partial charge in [0.05, 0.1) is 0 Å². The second-order valence-corrected chi connectivity index (χ2v) is 5.58. The molecule has 2 atom stereocenters. The van der Waals surface area contributed by atoms with Gasteiger partial charge in [0.2, 0.25) is 5.91 Å². The molecule has 2 heterocycles. The van der Waals surface area contributed by atoms with Gasteiger partial charge in [0.25, 0.3) is 5.91 Å². The van der Waals surface area contributed by atoms with Crippen LogP contribution in [0.3, 0.4) is 0 Å². The lowest BCUT2D eigenvalue weighted by Crippen LogP contribution is -2.60. The van der Waals surface area contributed by atoms with E-state index in [0.717, 1.165) is 12.8 Å². The molecule has 0 bridgehead atoms. The summed E-state index contributed by atoms with van der Waals surface area (Å²) in [6.45, 7) is 8.57. The van der Waals surface area contributed by atoms with E-state index in [1.165, 1.54) is 0 Å². The molecule has 1 aliphatic heterocycles. The van der Waals surface area contributed by atoms with Crippen LogP contribution in [-0.4, -0.2) is 51.9 Å². The van der Waals surface area contributed by atoms with Crippen molar-refractivity contribution < 1.29 is 14.1 Å². The fourth-order valence-corrected chi connectivity index (χ4v) is 2.90. The molecule has 116 valence electrons. The first-order valence-corrected chi connectivity index (χ1v) is 7.49. The van der Waals surface area contributed by atoms with Crippen LogP contribution < -0.4 is 0 Å². The Morgan fingerprint density at radius 1 is 1.24 bits per heavy atom. The predicted molar refractivity (Wildman–Crippen MR) is 77.8 cm³/mol. The molecular formula is C15H23N3O3. The van der Waals surface area contributed by atoms with E-state index in [9.17, 15) is 9.59 Å². The van der Waals surface area contributed by atoms with Crippen LogP contribution in [0.5, 0.6) is 0 Å². The molecule has 21 heavy (non-hydrogen) atoms. The molecule has 0 aliphatic carbocycles. The quantitative estimate of drug-likeness (QED) is 0.853. The van der Waals surface area contributed by atoms with Crippen molar-refractivity contribution in [1.82, 2.24) is 15.0 Å². The first-order chi connectivity index (χ1) is 9.97. The van der Waals surface area contributed by atoms with Gasteiger partial charge in [0.1, 0.15) is 5.76 Å². The number of nitrogens with zero attached hydrogens (tertiary/aromatic N) is 3. The number of hydrogen-bond acceptors (Lipinski definition) is 4. The number of aryl methyl sites for hydroxylation is 1. The normalized spacial score (nSPS) is 22.5. The number of piperazine rings is 1. The molecule has 0 aromatic carbocycles. The van der Waals surface area contributed by atoms with Gasteiger partial charge >= 0.3 is 0 Å². The highest BCUT2D eigenvalue weighted by atomic mass is 16.5. The lowest BCUT2D eigenvalue weighted by molar-refractivity contribution is -0.135. The number of carbonyl (C=O) groups excluding carboxylic acids is 2. The number of aromatic nitrogens is 1. The van der Waals surface area contributed by atoms with Gasteiger partial charge in [-0.25, -0.2) is 0 Å². The Labute approximate surface area is 125 Å². The molecule has 1 saturated heterocycles. The number of carbonyl (C=O) groups is 2. The number of hydrogen-bond donors (Lipinski definition) is 0. The molecule has 1 aliphatic rings. The van der Waals surface area contributed by atoms with Gasteiger partial charge in [-0.05, 0) is 19.8 Å². The third kappa shape index (κ3) is 3.09. The third-order valence-electron chi connectivity index (χ3n) is 4.15. The summed E-state index contributed by atoms with van der Waals surface area (Å²) in [7, 11) is 0. The van der Waals surface area contributed by atoms with Gasteiger partial charge in [-0.3, -0.25) is 9.59 Å². The van der Waals surface area contributed by atoms with E-state index in [1.807, 2.05) is 23.6 Å². The van der Waals surface area contributed by atoms with Crippen molar-refractivity contribution in [2.45, 2.75) is 52.6 Å². The molecule has 6 nitrogen and oxygen atoms in total. The predicted octanol–water partition coefficient (Wildman–Crippen LogP) is 1.84. The van der Waals surface area contributed by atoms with E-state index >= 15 is 0 Å². The minimum atomic E-state index is -0.111. The summed E-state index contributed by atoms with van der Waals surface area (Å²) in [4.78, 5) is 28.1. The van der Waals surface area contributed by atoms with Crippen LogP contribution in [-0.2, 0) is 4.79 Å². The summed E-state index contributed by atoms with van der Waals surface area (Å²) in [5.74, 6) is 0.589. The summed E-state index contributed by atoms with van der Waals surface area (Å²) in [5.41, 5.74) is 0.345. The van der Waals surface area contributed by atoms with Gasteiger partial charge in [-0.2, -0.15) is 0 Å². The Hall–Kier alpha value is -1.85. The number of rotatable bonds is 3. The second-order valence-electron chi connectivity index (χ2n) is 5.58. The first-order valence-electron chi connectivity index (χ1n) is 7.49. The van der Waals surface area contributed by atoms with Crippen molar-refractivity contribution in [1.29, 1.82) is 0 Å². The fraction of sp³-hybridized carbons (Fsp3) is 0.667. The summed E-state index contributed by atoms with van der Waals surface area (Å²) in [6, 6.07) is 1.76. The average molecular weight is 293 g/mol. The zero-order valence-electron chi connectivity index (χ0n) is 13.1. The molecule has 1 fully saturated rings. The van der Waals surface area contributed by atoms with Crippen LogP contribution in [0, 0.1) is 6.92 Å². The monoisotopic (exact) mass is 293 g/mol. The zero-order valence-corrected chi connectivity index (χ0v) is 13.1.